The quantitative estimate of drug-likeness (QED) is 0.239. The van der Waals surface area contributed by atoms with Crippen LogP contribution in [0.15, 0.2) is 29.5 Å². The van der Waals surface area contributed by atoms with Crippen LogP contribution in [0.4, 0.5) is 0 Å². The maximum atomic E-state index is 5.70. The van der Waals surface area contributed by atoms with E-state index >= 15 is 0 Å². The van der Waals surface area contributed by atoms with Crippen molar-refractivity contribution in [2.75, 3.05) is 34.4 Å². The molecular weight excluding hydrogens is 483 g/mol. The second-order valence-electron chi connectivity index (χ2n) is 6.93. The van der Waals surface area contributed by atoms with Gasteiger partial charge in [-0.05, 0) is 12.0 Å². The van der Waals surface area contributed by atoms with E-state index in [1.807, 2.05) is 30.9 Å². The first-order valence-corrected chi connectivity index (χ1v) is 9.46. The molecule has 1 N–H and O–H groups in total. The van der Waals surface area contributed by atoms with Gasteiger partial charge in [-0.2, -0.15) is 5.10 Å². The number of rotatable bonds is 9. The van der Waals surface area contributed by atoms with Gasteiger partial charge in [0.15, 0.2) is 5.96 Å². The lowest BCUT2D eigenvalue weighted by atomic mass is 10.1. The Bertz CT molecular complexity index is 778. The maximum Gasteiger partial charge on any atom is 0.218 e. The van der Waals surface area contributed by atoms with E-state index in [9.17, 15) is 0 Å². The number of nitrogens with zero attached hydrogens (tertiary/aromatic N) is 5. The monoisotopic (exact) mass is 516 g/mol. The summed E-state index contributed by atoms with van der Waals surface area (Å²) in [4.78, 5) is 10.8. The number of hydrogen-bond acceptors (Lipinski definition) is 5. The van der Waals surface area contributed by atoms with E-state index < -0.39 is 0 Å². The van der Waals surface area contributed by atoms with Gasteiger partial charge in [-0.1, -0.05) is 19.9 Å². The van der Waals surface area contributed by atoms with Crippen LogP contribution in [0.25, 0.3) is 0 Å². The molecule has 0 atom stereocenters. The Labute approximate surface area is 190 Å². The summed E-state index contributed by atoms with van der Waals surface area (Å²) in [5, 5.41) is 7.97. The van der Waals surface area contributed by atoms with Gasteiger partial charge in [0.2, 0.25) is 5.88 Å². The van der Waals surface area contributed by atoms with Crippen molar-refractivity contribution < 1.29 is 9.47 Å². The third-order valence-corrected chi connectivity index (χ3v) is 4.28. The summed E-state index contributed by atoms with van der Waals surface area (Å²) in [5.41, 5.74) is 3.29. The molecule has 0 saturated heterocycles. The normalized spacial score (nSPS) is 11.3. The molecular formula is C20H33IN6O2. The maximum absolute atomic E-state index is 5.70. The molecule has 9 heteroatoms. The number of halogens is 1. The third kappa shape index (κ3) is 7.46. The van der Waals surface area contributed by atoms with Crippen molar-refractivity contribution in [1.29, 1.82) is 0 Å². The Morgan fingerprint density at radius 1 is 1.31 bits per heavy atom. The summed E-state index contributed by atoms with van der Waals surface area (Å²) in [6, 6.07) is 3.89. The molecule has 0 aliphatic rings. The molecule has 162 valence electrons. The van der Waals surface area contributed by atoms with Crippen molar-refractivity contribution in [3.63, 3.8) is 0 Å². The van der Waals surface area contributed by atoms with E-state index in [-0.39, 0.29) is 24.0 Å². The van der Waals surface area contributed by atoms with Crippen LogP contribution in [0.1, 0.15) is 36.6 Å². The molecule has 0 aliphatic carbocycles. The molecule has 0 bridgehead atoms. The fourth-order valence-electron chi connectivity index (χ4n) is 2.96. The van der Waals surface area contributed by atoms with E-state index in [2.05, 4.69) is 45.3 Å². The van der Waals surface area contributed by atoms with Gasteiger partial charge in [0.05, 0.1) is 12.3 Å². The molecule has 0 amide bonds. The van der Waals surface area contributed by atoms with Crippen LogP contribution in [0.3, 0.4) is 0 Å². The van der Waals surface area contributed by atoms with Gasteiger partial charge in [-0.15, -0.1) is 24.0 Å². The van der Waals surface area contributed by atoms with Crippen molar-refractivity contribution >= 4 is 29.9 Å². The summed E-state index contributed by atoms with van der Waals surface area (Å²) in [6.45, 7) is 6.60. The van der Waals surface area contributed by atoms with Crippen molar-refractivity contribution in [3.05, 3.63) is 41.3 Å². The van der Waals surface area contributed by atoms with Crippen LogP contribution < -0.4 is 10.1 Å². The van der Waals surface area contributed by atoms with E-state index in [0.717, 1.165) is 23.8 Å². The summed E-state index contributed by atoms with van der Waals surface area (Å²) < 4.78 is 12.6. The molecule has 2 rings (SSSR count). The zero-order valence-electron chi connectivity index (χ0n) is 18.2. The lowest BCUT2D eigenvalue weighted by Gasteiger charge is -2.22. The molecule has 29 heavy (non-hydrogen) atoms. The highest BCUT2D eigenvalue weighted by atomic mass is 127. The Morgan fingerprint density at radius 2 is 2.07 bits per heavy atom. The van der Waals surface area contributed by atoms with E-state index in [4.69, 9.17) is 9.47 Å². The number of pyridine rings is 1. The van der Waals surface area contributed by atoms with Crippen LogP contribution >= 0.6 is 24.0 Å². The summed E-state index contributed by atoms with van der Waals surface area (Å²) in [7, 11) is 7.41. The molecule has 0 spiro atoms. The average Bonchev–Trinajstić information content (AvgIpc) is 3.04. The second-order valence-corrected chi connectivity index (χ2v) is 6.93. The molecule has 2 aromatic rings. The van der Waals surface area contributed by atoms with Gasteiger partial charge in [-0.25, -0.2) is 4.98 Å². The van der Waals surface area contributed by atoms with Crippen molar-refractivity contribution in [3.8, 4) is 5.88 Å². The van der Waals surface area contributed by atoms with Crippen molar-refractivity contribution in [2.24, 2.45) is 12.0 Å². The predicted octanol–water partition coefficient (Wildman–Crippen LogP) is 2.79. The van der Waals surface area contributed by atoms with Gasteiger partial charge in [0, 0.05) is 64.9 Å². The Balaban J connectivity index is 0.00000420. The average molecular weight is 516 g/mol. The third-order valence-electron chi connectivity index (χ3n) is 4.28. The van der Waals surface area contributed by atoms with Gasteiger partial charge in [0.25, 0.3) is 0 Å². The topological polar surface area (TPSA) is 76.8 Å². The minimum Gasteiger partial charge on any atom is -0.475 e. The number of guanidine groups is 1. The number of nitrogens with one attached hydrogen (secondary N) is 1. The molecule has 0 radical (unpaired) electrons. The number of aromatic nitrogens is 3. The molecule has 8 nitrogen and oxygen atoms in total. The highest BCUT2D eigenvalue weighted by molar-refractivity contribution is 14.0. The lowest BCUT2D eigenvalue weighted by molar-refractivity contribution is 0.143. The predicted molar refractivity (Wildman–Crippen MR) is 126 cm³/mol. The minimum absolute atomic E-state index is 0. The van der Waals surface area contributed by atoms with Crippen LogP contribution in [-0.2, 0) is 24.9 Å². The first-order valence-electron chi connectivity index (χ1n) is 9.46. The number of hydrogen-bond donors (Lipinski definition) is 1. The fraction of sp³-hybridized carbons (Fsp3) is 0.550. The lowest BCUT2D eigenvalue weighted by Crippen LogP contribution is -2.38. The van der Waals surface area contributed by atoms with Crippen LogP contribution in [0.2, 0.25) is 0 Å². The molecule has 2 aromatic heterocycles. The molecule has 0 fully saturated rings. The highest BCUT2D eigenvalue weighted by Gasteiger charge is 2.15. The molecule has 0 unspecified atom stereocenters. The molecule has 0 saturated carbocycles. The number of aryl methyl sites for hydroxylation is 1. The number of ether oxygens (including phenoxy) is 2. The number of methoxy groups -OCH3 is 1. The zero-order chi connectivity index (χ0) is 20.5. The SMILES string of the molecule is CN=C(NCc1cccnc1OCCOC)N(C)Cc1cn(C)nc1C(C)C.I. The minimum atomic E-state index is 0. The largest absolute Gasteiger partial charge is 0.475 e. The smallest absolute Gasteiger partial charge is 0.218 e. The molecule has 0 aromatic carbocycles. The van der Waals surface area contributed by atoms with Gasteiger partial charge in [0.1, 0.15) is 6.61 Å². The van der Waals surface area contributed by atoms with E-state index in [1.165, 1.54) is 5.56 Å². The van der Waals surface area contributed by atoms with Crippen LogP contribution in [-0.4, -0.2) is 60.0 Å². The first kappa shape index (κ1) is 25.2. The Hall–Kier alpha value is -1.88. The summed E-state index contributed by atoms with van der Waals surface area (Å²) in [5.74, 6) is 1.78. The van der Waals surface area contributed by atoms with Crippen molar-refractivity contribution in [2.45, 2.75) is 32.9 Å². The van der Waals surface area contributed by atoms with Crippen LogP contribution in [0, 0.1) is 0 Å². The van der Waals surface area contributed by atoms with E-state index in [1.54, 1.807) is 20.4 Å². The Morgan fingerprint density at radius 3 is 2.72 bits per heavy atom. The Kier molecular flexibility index (Phi) is 11.0. The summed E-state index contributed by atoms with van der Waals surface area (Å²) in [6.07, 6.45) is 3.80. The van der Waals surface area contributed by atoms with E-state index in [0.29, 0.717) is 31.6 Å². The van der Waals surface area contributed by atoms with Gasteiger partial charge < -0.3 is 19.7 Å². The van der Waals surface area contributed by atoms with Gasteiger partial charge in [-0.3, -0.25) is 9.67 Å². The van der Waals surface area contributed by atoms with Gasteiger partial charge >= 0.3 is 0 Å². The molecule has 2 heterocycles. The standard InChI is InChI=1S/C20H32N6O2.HI/c1-15(2)18-17(14-26(5)24-18)13-25(4)20(21-3)23-12-16-8-7-9-22-19(16)28-11-10-27-6;/h7-9,14-15H,10-13H2,1-6H3,(H,21,23);1H. The van der Waals surface area contributed by atoms with Crippen LogP contribution in [0.5, 0.6) is 5.88 Å². The number of aliphatic imine (C=N–C) groups is 1. The highest BCUT2D eigenvalue weighted by Crippen LogP contribution is 2.19. The first-order chi connectivity index (χ1) is 13.5. The zero-order valence-corrected chi connectivity index (χ0v) is 20.5. The second kappa shape index (κ2) is 12.6. The fourth-order valence-corrected chi connectivity index (χ4v) is 2.96. The molecule has 0 aliphatic heterocycles. The van der Waals surface area contributed by atoms with Crippen molar-refractivity contribution in [1.82, 2.24) is 25.0 Å². The summed E-state index contributed by atoms with van der Waals surface area (Å²) >= 11 is 0.